The summed E-state index contributed by atoms with van der Waals surface area (Å²) in [5.74, 6) is -1.36. The number of carbonyl (C=O) groups excluding carboxylic acids is 3. The first-order valence-corrected chi connectivity index (χ1v) is 5.67. The molecule has 1 aliphatic rings. The Morgan fingerprint density at radius 1 is 1.58 bits per heavy atom. The highest BCUT2D eigenvalue weighted by atomic mass is 16.5. The third-order valence-electron chi connectivity index (χ3n) is 2.72. The van der Waals surface area contributed by atoms with Crippen molar-refractivity contribution in [3.05, 3.63) is 5.53 Å². The van der Waals surface area contributed by atoms with Crippen molar-refractivity contribution in [1.82, 2.24) is 10.6 Å². The van der Waals surface area contributed by atoms with Gasteiger partial charge in [0.05, 0.1) is 7.11 Å². The monoisotopic (exact) mass is 270 g/mol. The van der Waals surface area contributed by atoms with Crippen molar-refractivity contribution in [2.45, 2.75) is 25.8 Å². The summed E-state index contributed by atoms with van der Waals surface area (Å²) in [7, 11) is 2.90. The van der Waals surface area contributed by atoms with Gasteiger partial charge in [0.2, 0.25) is 5.91 Å². The van der Waals surface area contributed by atoms with Gasteiger partial charge < -0.3 is 20.9 Å². The molecule has 1 atom stereocenters. The zero-order valence-electron chi connectivity index (χ0n) is 11.4. The van der Waals surface area contributed by atoms with Crippen LogP contribution in [0, 0.1) is 0 Å². The van der Waals surface area contributed by atoms with E-state index in [1.54, 1.807) is 14.0 Å². The topological polar surface area (TPSA) is 121 Å². The van der Waals surface area contributed by atoms with Crippen molar-refractivity contribution in [2.75, 3.05) is 20.7 Å². The molecule has 19 heavy (non-hydrogen) atoms. The molecule has 0 spiro atoms. The molecule has 0 saturated carbocycles. The largest absolute Gasteiger partial charge is 0.460 e. The smallest absolute Gasteiger partial charge is 0.441 e. The van der Waals surface area contributed by atoms with Crippen LogP contribution in [0.25, 0.3) is 5.53 Å². The highest BCUT2D eigenvalue weighted by molar-refractivity contribution is 6.62. The van der Waals surface area contributed by atoms with Crippen LogP contribution in [0.5, 0.6) is 0 Å². The summed E-state index contributed by atoms with van der Waals surface area (Å²) in [5, 5.41) is 5.56. The number of Topliss-reactive ketones (excluding diaryl/α,β-unsaturated/α-hetero) is 1. The average molecular weight is 270 g/mol. The molecule has 8 heteroatoms. The second kappa shape index (κ2) is 7.40. The van der Waals surface area contributed by atoms with E-state index in [1.165, 1.54) is 0 Å². The minimum atomic E-state index is -0.917. The van der Waals surface area contributed by atoms with E-state index in [9.17, 15) is 14.4 Å². The maximum absolute atomic E-state index is 10.8. The summed E-state index contributed by atoms with van der Waals surface area (Å²) in [6.45, 7) is 4.19. The SMILES string of the molecule is CCC(=O)C(=[N+]=[N-])C(=O)OC.CNC1(C)CNC1=O. The molecule has 0 aliphatic carbocycles. The summed E-state index contributed by atoms with van der Waals surface area (Å²) in [6.07, 6.45) is 0.106. The van der Waals surface area contributed by atoms with Crippen LogP contribution in [0.2, 0.25) is 0 Å². The number of nitrogens with one attached hydrogen (secondary N) is 2. The van der Waals surface area contributed by atoms with Crippen LogP contribution in [0.4, 0.5) is 0 Å². The first-order valence-electron chi connectivity index (χ1n) is 5.67. The number of esters is 1. The highest BCUT2D eigenvalue weighted by Crippen LogP contribution is 2.08. The van der Waals surface area contributed by atoms with Gasteiger partial charge in [0.25, 0.3) is 5.78 Å². The Balaban J connectivity index is 0.000000356. The van der Waals surface area contributed by atoms with E-state index in [0.29, 0.717) is 0 Å². The Morgan fingerprint density at radius 3 is 2.32 bits per heavy atom. The summed E-state index contributed by atoms with van der Waals surface area (Å²) in [6, 6.07) is 0. The number of ether oxygens (including phenoxy) is 1. The van der Waals surface area contributed by atoms with Gasteiger partial charge in [-0.15, -0.1) is 0 Å². The fourth-order valence-corrected chi connectivity index (χ4v) is 1.10. The Bertz CT molecular complexity index is 406. The first kappa shape index (κ1) is 16.9. The maximum Gasteiger partial charge on any atom is 0.441 e. The van der Waals surface area contributed by atoms with Crippen molar-refractivity contribution in [1.29, 1.82) is 0 Å². The predicted molar refractivity (Wildman–Crippen MR) is 66.4 cm³/mol. The van der Waals surface area contributed by atoms with Gasteiger partial charge in [-0.1, -0.05) is 6.92 Å². The molecule has 0 radical (unpaired) electrons. The van der Waals surface area contributed by atoms with Gasteiger partial charge >= 0.3 is 11.7 Å². The van der Waals surface area contributed by atoms with Gasteiger partial charge in [-0.2, -0.15) is 4.79 Å². The van der Waals surface area contributed by atoms with E-state index in [1.807, 2.05) is 6.92 Å². The van der Waals surface area contributed by atoms with Gasteiger partial charge in [-0.05, 0) is 14.0 Å². The molecule has 1 amide bonds. The second-order valence-corrected chi connectivity index (χ2v) is 3.98. The molecule has 1 saturated heterocycles. The number of methoxy groups -OCH3 is 1. The van der Waals surface area contributed by atoms with Crippen LogP contribution in [0.3, 0.4) is 0 Å². The normalized spacial score (nSPS) is 19.9. The minimum Gasteiger partial charge on any atom is -0.460 e. The number of rotatable bonds is 4. The second-order valence-electron chi connectivity index (χ2n) is 3.98. The number of β-lactam (4-membered cyclic amide) rings is 1. The van der Waals surface area contributed by atoms with Crippen molar-refractivity contribution in [3.8, 4) is 0 Å². The molecule has 1 aliphatic heterocycles. The Hall–Kier alpha value is -2.05. The Morgan fingerprint density at radius 2 is 2.16 bits per heavy atom. The van der Waals surface area contributed by atoms with Crippen LogP contribution in [0.1, 0.15) is 20.3 Å². The molecule has 2 N–H and O–H groups in total. The van der Waals surface area contributed by atoms with Crippen molar-refractivity contribution in [3.63, 3.8) is 0 Å². The zero-order chi connectivity index (χ0) is 15.1. The average Bonchev–Trinajstić information content (AvgIpc) is 2.45. The van der Waals surface area contributed by atoms with Crippen LogP contribution < -0.4 is 10.6 Å². The van der Waals surface area contributed by atoms with Gasteiger partial charge in [0.1, 0.15) is 5.54 Å². The lowest BCUT2D eigenvalue weighted by Crippen LogP contribution is -2.69. The third-order valence-corrected chi connectivity index (χ3v) is 2.72. The molecule has 8 nitrogen and oxygen atoms in total. The lowest BCUT2D eigenvalue weighted by molar-refractivity contribution is -0.139. The van der Waals surface area contributed by atoms with Gasteiger partial charge in [-0.25, -0.2) is 4.79 Å². The lowest BCUT2D eigenvalue weighted by atomic mass is 9.94. The lowest BCUT2D eigenvalue weighted by Gasteiger charge is -2.36. The summed E-state index contributed by atoms with van der Waals surface area (Å²) >= 11 is 0. The first-order chi connectivity index (χ1) is 8.86. The molecule has 0 aromatic heterocycles. The number of likely N-dealkylation sites (N-methyl/N-ethyl adjacent to an activating group) is 1. The highest BCUT2D eigenvalue weighted by Gasteiger charge is 2.39. The van der Waals surface area contributed by atoms with E-state index in [2.05, 4.69) is 20.2 Å². The van der Waals surface area contributed by atoms with Crippen LogP contribution in [-0.4, -0.2) is 54.4 Å². The number of hydrogen-bond acceptors (Lipinski definition) is 5. The molecule has 106 valence electrons. The molecule has 0 aromatic carbocycles. The Labute approximate surface area is 111 Å². The fraction of sp³-hybridized carbons (Fsp3) is 0.636. The van der Waals surface area contributed by atoms with Gasteiger partial charge in [0.15, 0.2) is 0 Å². The zero-order valence-corrected chi connectivity index (χ0v) is 11.4. The quantitative estimate of drug-likeness (QED) is 0.168. The number of hydrogen-bond donors (Lipinski definition) is 2. The summed E-state index contributed by atoms with van der Waals surface area (Å²) in [4.78, 5) is 34.5. The fourth-order valence-electron chi connectivity index (χ4n) is 1.10. The number of nitrogens with zero attached hydrogens (tertiary/aromatic N) is 2. The van der Waals surface area contributed by atoms with E-state index in [0.717, 1.165) is 13.7 Å². The van der Waals surface area contributed by atoms with Crippen molar-refractivity contribution in [2.24, 2.45) is 0 Å². The Kier molecular flexibility index (Phi) is 6.60. The summed E-state index contributed by atoms with van der Waals surface area (Å²) in [5.41, 5.74) is 7.36. The van der Waals surface area contributed by atoms with Crippen molar-refractivity contribution >= 4 is 23.4 Å². The maximum atomic E-state index is 10.8. The number of ketones is 1. The van der Waals surface area contributed by atoms with E-state index in [-0.39, 0.29) is 17.9 Å². The molecule has 1 rings (SSSR count). The van der Waals surface area contributed by atoms with Crippen molar-refractivity contribution < 1.29 is 23.9 Å². The van der Waals surface area contributed by atoms with E-state index >= 15 is 0 Å². The number of amides is 1. The number of carbonyl (C=O) groups is 3. The summed E-state index contributed by atoms with van der Waals surface area (Å²) < 4.78 is 4.18. The van der Waals surface area contributed by atoms with Crippen LogP contribution in [-0.2, 0) is 19.1 Å². The molecule has 1 unspecified atom stereocenters. The van der Waals surface area contributed by atoms with Crippen LogP contribution in [0.15, 0.2) is 0 Å². The molecule has 1 heterocycles. The molecule has 0 aromatic rings. The van der Waals surface area contributed by atoms with Gasteiger partial charge in [0, 0.05) is 13.0 Å². The van der Waals surface area contributed by atoms with Gasteiger partial charge in [-0.3, -0.25) is 9.59 Å². The van der Waals surface area contributed by atoms with Crippen LogP contribution >= 0.6 is 0 Å². The van der Waals surface area contributed by atoms with E-state index < -0.39 is 17.5 Å². The predicted octanol–water partition coefficient (Wildman–Crippen LogP) is -1.10. The third kappa shape index (κ3) is 4.27. The standard InChI is InChI=1S/C6H8N2O3.C5H10N2O/c1-3-4(9)5(8-7)6(10)11-2;1-5(6-2)3-7-4(5)8/h3H2,1-2H3;6H,3H2,1-2H3,(H,7,8). The molecule has 1 fully saturated rings. The molecular formula is C11H18N4O4. The molecule has 0 bridgehead atoms. The van der Waals surface area contributed by atoms with E-state index in [4.69, 9.17) is 5.53 Å². The molecular weight excluding hydrogens is 252 g/mol. The minimum absolute atomic E-state index is 0.0972.